The molecule has 1 aromatic carbocycles. The molecule has 1 aromatic rings. The lowest BCUT2D eigenvalue weighted by Crippen LogP contribution is -2.21. The molecule has 0 saturated heterocycles. The highest BCUT2D eigenvalue weighted by Gasteiger charge is 2.24. The maximum Gasteiger partial charge on any atom is 0.192 e. The summed E-state index contributed by atoms with van der Waals surface area (Å²) in [5.74, 6) is 1.49. The minimum atomic E-state index is 0.548. The van der Waals surface area contributed by atoms with Crippen molar-refractivity contribution in [3.8, 4) is 5.75 Å². The summed E-state index contributed by atoms with van der Waals surface area (Å²) in [7, 11) is 0. The van der Waals surface area contributed by atoms with E-state index in [0.29, 0.717) is 12.4 Å². The van der Waals surface area contributed by atoms with Gasteiger partial charge >= 0.3 is 0 Å². The van der Waals surface area contributed by atoms with Gasteiger partial charge in [0.15, 0.2) is 11.6 Å². The summed E-state index contributed by atoms with van der Waals surface area (Å²) in [6.45, 7) is 0.548. The van der Waals surface area contributed by atoms with E-state index < -0.39 is 0 Å². The van der Waals surface area contributed by atoms with Crippen LogP contribution in [0.3, 0.4) is 0 Å². The lowest BCUT2D eigenvalue weighted by molar-refractivity contribution is 0.464. The Morgan fingerprint density at radius 2 is 2.36 bits per heavy atom. The van der Waals surface area contributed by atoms with Crippen molar-refractivity contribution in [2.75, 3.05) is 17.3 Å². The lowest BCUT2D eigenvalue weighted by atomic mass is 10.2. The van der Waals surface area contributed by atoms with Crippen molar-refractivity contribution in [1.29, 1.82) is 0 Å². The highest BCUT2D eigenvalue weighted by Crippen LogP contribution is 2.38. The molecule has 0 saturated carbocycles. The van der Waals surface area contributed by atoms with Gasteiger partial charge in [-0.15, -0.1) is 5.11 Å². The van der Waals surface area contributed by atoms with E-state index in [1.807, 2.05) is 17.0 Å². The van der Waals surface area contributed by atoms with Crippen molar-refractivity contribution in [2.45, 2.75) is 0 Å². The third kappa shape index (κ3) is 0.891. The Bertz CT molecular complexity index is 452. The Labute approximate surface area is 80.5 Å². The first-order chi connectivity index (χ1) is 6.84. The molecule has 0 aromatic heterocycles. The van der Waals surface area contributed by atoms with Crippen LogP contribution in [0.25, 0.3) is 0 Å². The summed E-state index contributed by atoms with van der Waals surface area (Å²) in [5, 5.41) is 7.86. The van der Waals surface area contributed by atoms with E-state index in [9.17, 15) is 0 Å². The minimum Gasteiger partial charge on any atom is -0.459 e. The number of nitrogens with zero attached hydrogens (tertiary/aromatic N) is 3. The predicted octanol–water partition coefficient (Wildman–Crippen LogP) is 1.69. The molecule has 0 bridgehead atoms. The van der Waals surface area contributed by atoms with Crippen LogP contribution in [0.4, 0.5) is 11.4 Å². The molecule has 0 spiro atoms. The molecule has 0 aliphatic carbocycles. The normalized spacial score (nSPS) is 17.1. The quantitative estimate of drug-likeness (QED) is 0.630. The van der Waals surface area contributed by atoms with E-state index >= 15 is 0 Å². The van der Waals surface area contributed by atoms with Gasteiger partial charge in [0.2, 0.25) is 0 Å². The van der Waals surface area contributed by atoms with Crippen LogP contribution in [0.15, 0.2) is 40.5 Å². The molecular weight excluding hydrogens is 180 g/mol. The zero-order valence-corrected chi connectivity index (χ0v) is 7.34. The maximum atomic E-state index is 5.65. The summed E-state index contributed by atoms with van der Waals surface area (Å²) in [4.78, 5) is 1.97. The average molecular weight is 188 g/mol. The zero-order chi connectivity index (χ0) is 9.54. The van der Waals surface area contributed by atoms with Gasteiger partial charge in [-0.2, -0.15) is 5.11 Å². The number of hydrogen-bond acceptors (Lipinski definition) is 5. The number of hydrogen-bond donors (Lipinski definition) is 1. The molecule has 2 heterocycles. The van der Waals surface area contributed by atoms with E-state index in [1.54, 1.807) is 12.3 Å². The van der Waals surface area contributed by atoms with E-state index in [2.05, 4.69) is 10.2 Å². The Morgan fingerprint density at radius 1 is 1.43 bits per heavy atom. The minimum absolute atomic E-state index is 0.548. The summed E-state index contributed by atoms with van der Waals surface area (Å²) in [6, 6.07) is 5.54. The molecule has 0 amide bonds. The highest BCUT2D eigenvalue weighted by molar-refractivity contribution is 5.68. The molecule has 70 valence electrons. The summed E-state index contributed by atoms with van der Waals surface area (Å²) in [6.07, 6.45) is 1.58. The number of ether oxygens (including phenoxy) is 1. The van der Waals surface area contributed by atoms with Crippen LogP contribution in [0.1, 0.15) is 0 Å². The molecule has 2 aliphatic heterocycles. The van der Waals surface area contributed by atoms with Gasteiger partial charge < -0.3 is 10.5 Å². The molecule has 0 atom stereocenters. The van der Waals surface area contributed by atoms with Crippen molar-refractivity contribution in [1.82, 2.24) is 0 Å². The van der Waals surface area contributed by atoms with Crippen LogP contribution in [-0.4, -0.2) is 6.67 Å². The topological polar surface area (TPSA) is 63.2 Å². The first kappa shape index (κ1) is 7.37. The van der Waals surface area contributed by atoms with Crippen molar-refractivity contribution >= 4 is 11.4 Å². The Kier molecular flexibility index (Phi) is 1.30. The second-order valence-electron chi connectivity index (χ2n) is 3.13. The van der Waals surface area contributed by atoms with Crippen LogP contribution in [0.5, 0.6) is 5.75 Å². The smallest absolute Gasteiger partial charge is 0.192 e. The van der Waals surface area contributed by atoms with Crippen molar-refractivity contribution in [2.24, 2.45) is 10.2 Å². The molecule has 3 rings (SSSR count). The molecule has 5 heteroatoms. The van der Waals surface area contributed by atoms with E-state index in [1.165, 1.54) is 0 Å². The third-order valence-corrected chi connectivity index (χ3v) is 2.22. The van der Waals surface area contributed by atoms with Crippen LogP contribution in [0.2, 0.25) is 0 Å². The highest BCUT2D eigenvalue weighted by atomic mass is 16.5. The summed E-state index contributed by atoms with van der Waals surface area (Å²) in [5.41, 5.74) is 7.30. The fourth-order valence-corrected chi connectivity index (χ4v) is 1.54. The van der Waals surface area contributed by atoms with Gasteiger partial charge in [0.1, 0.15) is 12.9 Å². The second kappa shape index (κ2) is 2.47. The van der Waals surface area contributed by atoms with Crippen LogP contribution in [0, 0.1) is 0 Å². The van der Waals surface area contributed by atoms with Crippen LogP contribution in [-0.2, 0) is 0 Å². The van der Waals surface area contributed by atoms with Gasteiger partial charge in [0, 0.05) is 11.8 Å². The fourth-order valence-electron chi connectivity index (χ4n) is 1.54. The van der Waals surface area contributed by atoms with Crippen molar-refractivity contribution in [3.63, 3.8) is 0 Å². The van der Waals surface area contributed by atoms with Gasteiger partial charge in [-0.3, -0.25) is 4.90 Å². The zero-order valence-electron chi connectivity index (χ0n) is 7.34. The van der Waals surface area contributed by atoms with Crippen LogP contribution < -0.4 is 15.4 Å². The third-order valence-electron chi connectivity index (χ3n) is 2.22. The lowest BCUT2D eigenvalue weighted by Gasteiger charge is -2.23. The molecular formula is C9H8N4O. The van der Waals surface area contributed by atoms with Gasteiger partial charge in [-0.05, 0) is 12.1 Å². The van der Waals surface area contributed by atoms with E-state index in [-0.39, 0.29) is 0 Å². The molecule has 2 aliphatic rings. The largest absolute Gasteiger partial charge is 0.459 e. The number of nitrogens with two attached hydrogens (primary N) is 1. The van der Waals surface area contributed by atoms with Crippen molar-refractivity contribution in [3.05, 3.63) is 30.3 Å². The van der Waals surface area contributed by atoms with Gasteiger partial charge in [0.25, 0.3) is 0 Å². The molecule has 2 N–H and O–H groups in total. The van der Waals surface area contributed by atoms with Gasteiger partial charge in [-0.25, -0.2) is 0 Å². The SMILES string of the molecule is Nc1ccc2c(c1)OC=C1N=NCN12. The Morgan fingerprint density at radius 3 is 3.29 bits per heavy atom. The fraction of sp³-hybridized carbons (Fsp3) is 0.111. The number of benzene rings is 1. The van der Waals surface area contributed by atoms with Crippen LogP contribution >= 0.6 is 0 Å². The number of anilines is 2. The number of fused-ring (bicyclic) bond motifs is 3. The molecule has 0 fully saturated rings. The van der Waals surface area contributed by atoms with E-state index in [4.69, 9.17) is 10.5 Å². The standard InChI is InChI=1S/C9H8N4O/c10-6-1-2-7-8(3-6)14-4-9-12-11-5-13(7)9/h1-4H,5,10H2. The average Bonchev–Trinajstić information content (AvgIpc) is 2.65. The Hall–Kier alpha value is -2.04. The van der Waals surface area contributed by atoms with Crippen molar-refractivity contribution < 1.29 is 4.74 Å². The molecule has 0 unspecified atom stereocenters. The second-order valence-corrected chi connectivity index (χ2v) is 3.13. The maximum absolute atomic E-state index is 5.65. The first-order valence-electron chi connectivity index (χ1n) is 4.26. The number of azo groups is 1. The predicted molar refractivity (Wildman–Crippen MR) is 51.8 cm³/mol. The Balaban J connectivity index is 2.12. The summed E-state index contributed by atoms with van der Waals surface area (Å²) >= 11 is 0. The van der Waals surface area contributed by atoms with Gasteiger partial charge in [-0.1, -0.05) is 0 Å². The van der Waals surface area contributed by atoms with E-state index in [0.717, 1.165) is 17.3 Å². The monoisotopic (exact) mass is 188 g/mol. The number of rotatable bonds is 0. The molecule has 0 radical (unpaired) electrons. The van der Waals surface area contributed by atoms with Gasteiger partial charge in [0.05, 0.1) is 5.69 Å². The number of nitrogen functional groups attached to an aromatic ring is 1. The molecule has 5 nitrogen and oxygen atoms in total. The molecule has 14 heavy (non-hydrogen) atoms. The first-order valence-corrected chi connectivity index (χ1v) is 4.26. The summed E-state index contributed by atoms with van der Waals surface area (Å²) < 4.78 is 5.38.